The van der Waals surface area contributed by atoms with Crippen LogP contribution in [0.5, 0.6) is 0 Å². The first-order chi connectivity index (χ1) is 9.55. The van der Waals surface area contributed by atoms with Crippen molar-refractivity contribution < 1.29 is 4.79 Å². The molecule has 0 bridgehead atoms. The monoisotopic (exact) mass is 312 g/mol. The number of hydrogen-bond donors (Lipinski definition) is 2. The first-order valence-electron chi connectivity index (χ1n) is 7.54. The number of halogens is 1. The summed E-state index contributed by atoms with van der Waals surface area (Å²) in [4.78, 5) is 12.8. The summed E-state index contributed by atoms with van der Waals surface area (Å²) in [6.07, 6.45) is 6.47. The molecular weight excluding hydrogens is 288 g/mol. The van der Waals surface area contributed by atoms with Crippen LogP contribution >= 0.6 is 12.4 Å². The third-order valence-corrected chi connectivity index (χ3v) is 5.02. The van der Waals surface area contributed by atoms with Crippen LogP contribution in [-0.2, 0) is 10.3 Å². The quantitative estimate of drug-likeness (QED) is 0.887. The lowest BCUT2D eigenvalue weighted by Gasteiger charge is -2.36. The van der Waals surface area contributed by atoms with E-state index in [0.717, 1.165) is 32.5 Å². The van der Waals surface area contributed by atoms with Gasteiger partial charge in [-0.15, -0.1) is 12.4 Å². The molecule has 2 N–H and O–H groups in total. The van der Waals surface area contributed by atoms with E-state index in [1.165, 1.54) is 6.42 Å². The van der Waals surface area contributed by atoms with Crippen LogP contribution in [0.3, 0.4) is 0 Å². The molecule has 0 spiro atoms. The zero-order chi connectivity index (χ0) is 14.2. The maximum absolute atomic E-state index is 12.8. The van der Waals surface area contributed by atoms with Crippen LogP contribution in [0.1, 0.15) is 33.1 Å². The molecule has 1 aliphatic carbocycles. The van der Waals surface area contributed by atoms with Gasteiger partial charge in [-0.25, -0.2) is 0 Å². The fraction of sp³-hybridized carbons (Fsp3) is 0.733. The Balaban J connectivity index is 0.00000161. The van der Waals surface area contributed by atoms with Crippen LogP contribution in [0.25, 0.3) is 0 Å². The lowest BCUT2D eigenvalue weighted by atomic mass is 9.87. The summed E-state index contributed by atoms with van der Waals surface area (Å²) in [6, 6.07) is 1.89. The predicted octanol–water partition coefficient (Wildman–Crippen LogP) is 1.55. The van der Waals surface area contributed by atoms with Crippen LogP contribution in [0.15, 0.2) is 18.5 Å². The summed E-state index contributed by atoms with van der Waals surface area (Å²) >= 11 is 0. The second-order valence-electron chi connectivity index (χ2n) is 6.83. The van der Waals surface area contributed by atoms with Crippen molar-refractivity contribution >= 4 is 18.3 Å². The summed E-state index contributed by atoms with van der Waals surface area (Å²) in [5.41, 5.74) is -0.103. The highest BCUT2D eigenvalue weighted by Gasteiger charge is 2.47. The van der Waals surface area contributed by atoms with Gasteiger partial charge in [0.05, 0.1) is 0 Å². The number of aromatic nitrogens is 2. The second-order valence-corrected chi connectivity index (χ2v) is 6.83. The van der Waals surface area contributed by atoms with Gasteiger partial charge < -0.3 is 10.6 Å². The van der Waals surface area contributed by atoms with E-state index in [0.29, 0.717) is 11.3 Å². The molecule has 5 nitrogen and oxygen atoms in total. The van der Waals surface area contributed by atoms with Gasteiger partial charge in [0.1, 0.15) is 5.54 Å². The van der Waals surface area contributed by atoms with E-state index in [9.17, 15) is 4.79 Å². The van der Waals surface area contributed by atoms with Crippen molar-refractivity contribution in [2.24, 2.45) is 11.3 Å². The Hall–Kier alpha value is -1.07. The van der Waals surface area contributed by atoms with Crippen molar-refractivity contribution in [3.05, 3.63) is 18.5 Å². The van der Waals surface area contributed by atoms with Crippen LogP contribution in [-0.4, -0.2) is 35.3 Å². The molecule has 1 amide bonds. The van der Waals surface area contributed by atoms with Crippen molar-refractivity contribution in [2.45, 2.75) is 38.6 Å². The van der Waals surface area contributed by atoms with Crippen molar-refractivity contribution in [2.75, 3.05) is 19.6 Å². The molecule has 1 saturated heterocycles. The Morgan fingerprint density at radius 3 is 2.62 bits per heavy atom. The average molecular weight is 313 g/mol. The van der Waals surface area contributed by atoms with Crippen molar-refractivity contribution in [3.8, 4) is 0 Å². The standard InChI is InChI=1S/C15H24N4O.ClH/c1-14(2)10-12(14)11-17-13(20)15(4-7-16-8-5-15)19-9-3-6-18-19;/h3,6,9,12,16H,4-5,7-8,10-11H2,1-2H3,(H,17,20);1H. The Kier molecular flexibility index (Phi) is 4.63. The minimum Gasteiger partial charge on any atom is -0.354 e. The SMILES string of the molecule is CC1(C)CC1CNC(=O)C1(n2cccn2)CCNCC1.Cl. The number of amides is 1. The fourth-order valence-electron chi connectivity index (χ4n) is 3.23. The van der Waals surface area contributed by atoms with Gasteiger partial charge in [0.25, 0.3) is 0 Å². The minimum atomic E-state index is -0.506. The lowest BCUT2D eigenvalue weighted by Crippen LogP contribution is -2.55. The van der Waals surface area contributed by atoms with Crippen LogP contribution < -0.4 is 10.6 Å². The van der Waals surface area contributed by atoms with Gasteiger partial charge in [-0.2, -0.15) is 5.10 Å². The van der Waals surface area contributed by atoms with Crippen LogP contribution in [0.4, 0.5) is 0 Å². The first-order valence-corrected chi connectivity index (χ1v) is 7.54. The van der Waals surface area contributed by atoms with Crippen molar-refractivity contribution in [1.29, 1.82) is 0 Å². The number of hydrogen-bond acceptors (Lipinski definition) is 3. The molecule has 1 unspecified atom stereocenters. The maximum atomic E-state index is 12.8. The van der Waals surface area contributed by atoms with Gasteiger partial charge in [-0.05, 0) is 49.8 Å². The van der Waals surface area contributed by atoms with Gasteiger partial charge in [0.2, 0.25) is 5.91 Å². The summed E-state index contributed by atoms with van der Waals surface area (Å²) in [7, 11) is 0. The molecule has 118 valence electrons. The number of nitrogens with one attached hydrogen (secondary N) is 2. The predicted molar refractivity (Wildman–Crippen MR) is 84.5 cm³/mol. The molecule has 2 aliphatic rings. The third kappa shape index (κ3) is 3.09. The topological polar surface area (TPSA) is 59.0 Å². The Morgan fingerprint density at radius 1 is 1.43 bits per heavy atom. The molecule has 1 aromatic heterocycles. The molecule has 21 heavy (non-hydrogen) atoms. The van der Waals surface area contributed by atoms with Gasteiger partial charge in [-0.1, -0.05) is 13.8 Å². The Bertz CT molecular complexity index is 480. The highest BCUT2D eigenvalue weighted by molar-refractivity contribution is 5.85. The van der Waals surface area contributed by atoms with Gasteiger partial charge >= 0.3 is 0 Å². The van der Waals surface area contributed by atoms with E-state index in [-0.39, 0.29) is 18.3 Å². The zero-order valence-electron chi connectivity index (χ0n) is 12.8. The normalized spacial score (nSPS) is 25.7. The van der Waals surface area contributed by atoms with Gasteiger partial charge in [0.15, 0.2) is 0 Å². The largest absolute Gasteiger partial charge is 0.354 e. The molecule has 6 heteroatoms. The number of carbonyl (C=O) groups is 1. The molecule has 0 radical (unpaired) electrons. The molecule has 0 aromatic carbocycles. The molecule has 2 heterocycles. The fourth-order valence-corrected chi connectivity index (χ4v) is 3.23. The lowest BCUT2D eigenvalue weighted by molar-refractivity contribution is -0.132. The maximum Gasteiger partial charge on any atom is 0.248 e. The molecule has 1 atom stereocenters. The summed E-state index contributed by atoms with van der Waals surface area (Å²) < 4.78 is 1.85. The molecule has 1 aliphatic heterocycles. The highest BCUT2D eigenvalue weighted by Crippen LogP contribution is 2.51. The second kappa shape index (κ2) is 5.97. The van der Waals surface area contributed by atoms with Gasteiger partial charge in [0, 0.05) is 18.9 Å². The Morgan fingerprint density at radius 2 is 2.10 bits per heavy atom. The Labute approximate surface area is 132 Å². The van der Waals surface area contributed by atoms with Crippen molar-refractivity contribution in [3.63, 3.8) is 0 Å². The van der Waals surface area contributed by atoms with Gasteiger partial charge in [-0.3, -0.25) is 9.48 Å². The molecule has 2 fully saturated rings. The molecule has 1 saturated carbocycles. The molecular formula is C15H25ClN4O. The number of rotatable bonds is 4. The number of carbonyl (C=O) groups excluding carboxylic acids is 1. The first kappa shape index (κ1) is 16.3. The van der Waals surface area contributed by atoms with E-state index in [1.807, 2.05) is 16.9 Å². The van der Waals surface area contributed by atoms with Crippen molar-refractivity contribution in [1.82, 2.24) is 20.4 Å². The highest BCUT2D eigenvalue weighted by atomic mass is 35.5. The van der Waals surface area contributed by atoms with E-state index >= 15 is 0 Å². The van der Waals surface area contributed by atoms with E-state index in [2.05, 4.69) is 29.6 Å². The summed E-state index contributed by atoms with van der Waals surface area (Å²) in [5, 5.41) is 10.8. The number of piperidine rings is 1. The van der Waals surface area contributed by atoms with E-state index < -0.39 is 5.54 Å². The summed E-state index contributed by atoms with van der Waals surface area (Å²) in [6.45, 7) is 7.04. The minimum absolute atomic E-state index is 0. The van der Waals surface area contributed by atoms with Crippen LogP contribution in [0.2, 0.25) is 0 Å². The summed E-state index contributed by atoms with van der Waals surface area (Å²) in [5.74, 6) is 0.758. The third-order valence-electron chi connectivity index (χ3n) is 5.02. The number of nitrogens with zero attached hydrogens (tertiary/aromatic N) is 2. The smallest absolute Gasteiger partial charge is 0.248 e. The van der Waals surface area contributed by atoms with E-state index in [4.69, 9.17) is 0 Å². The zero-order valence-corrected chi connectivity index (χ0v) is 13.6. The van der Waals surface area contributed by atoms with Crippen LogP contribution in [0, 0.1) is 11.3 Å². The van der Waals surface area contributed by atoms with E-state index in [1.54, 1.807) is 6.20 Å². The average Bonchev–Trinajstić information content (AvgIpc) is 2.85. The molecule has 1 aromatic rings. The molecule has 3 rings (SSSR count).